The SMILES string of the molecule is N.N#CCC(N)=O. The van der Waals surface area contributed by atoms with Gasteiger partial charge in [0.2, 0.25) is 5.91 Å². The average Bonchev–Trinajstić information content (AvgIpc) is 1.35. The van der Waals surface area contributed by atoms with Gasteiger partial charge in [0.25, 0.3) is 0 Å². The Morgan fingerprint density at radius 1 is 1.86 bits per heavy atom. The molecule has 0 heterocycles. The first-order valence-electron chi connectivity index (χ1n) is 1.42. The van der Waals surface area contributed by atoms with E-state index in [1.807, 2.05) is 0 Å². The van der Waals surface area contributed by atoms with Crippen LogP contribution in [0.15, 0.2) is 0 Å². The van der Waals surface area contributed by atoms with E-state index in [1.165, 1.54) is 0 Å². The van der Waals surface area contributed by atoms with E-state index >= 15 is 0 Å². The second-order valence-electron chi connectivity index (χ2n) is 0.801. The van der Waals surface area contributed by atoms with E-state index in [0.29, 0.717) is 0 Å². The van der Waals surface area contributed by atoms with Gasteiger partial charge in [0.1, 0.15) is 6.42 Å². The third kappa shape index (κ3) is 11.4. The Morgan fingerprint density at radius 2 is 2.29 bits per heavy atom. The normalized spacial score (nSPS) is 5.57. The predicted molar refractivity (Wildman–Crippen MR) is 24.4 cm³/mol. The smallest absolute Gasteiger partial charge is 0.231 e. The number of primary amides is 1. The van der Waals surface area contributed by atoms with Gasteiger partial charge in [0.15, 0.2) is 0 Å². The molecule has 7 heavy (non-hydrogen) atoms. The second-order valence-corrected chi connectivity index (χ2v) is 0.801. The maximum atomic E-state index is 9.60. The Morgan fingerprint density at radius 3 is 2.29 bits per heavy atom. The molecule has 0 aromatic carbocycles. The van der Waals surface area contributed by atoms with Gasteiger partial charge < -0.3 is 11.9 Å². The summed E-state index contributed by atoms with van der Waals surface area (Å²) >= 11 is 0. The van der Waals surface area contributed by atoms with Gasteiger partial charge in [0.05, 0.1) is 6.07 Å². The number of nitrogens with two attached hydrogens (primary N) is 1. The Labute approximate surface area is 41.5 Å². The first-order chi connectivity index (χ1) is 2.77. The van der Waals surface area contributed by atoms with Gasteiger partial charge in [-0.05, 0) is 0 Å². The zero-order chi connectivity index (χ0) is 4.99. The molecule has 0 radical (unpaired) electrons. The molecule has 0 spiro atoms. The van der Waals surface area contributed by atoms with E-state index in [9.17, 15) is 4.79 Å². The molecule has 0 aliphatic carbocycles. The summed E-state index contributed by atoms with van der Waals surface area (Å²) < 4.78 is 0. The summed E-state index contributed by atoms with van der Waals surface area (Å²) in [6, 6.07) is 1.59. The fourth-order valence-electron chi connectivity index (χ4n) is 0.0779. The van der Waals surface area contributed by atoms with Gasteiger partial charge in [0, 0.05) is 0 Å². The summed E-state index contributed by atoms with van der Waals surface area (Å²) in [5.41, 5.74) is 4.54. The van der Waals surface area contributed by atoms with Crippen molar-refractivity contribution in [1.29, 1.82) is 5.26 Å². The van der Waals surface area contributed by atoms with Crippen LogP contribution >= 0.6 is 0 Å². The molecule has 5 N–H and O–H groups in total. The van der Waals surface area contributed by atoms with Crippen molar-refractivity contribution >= 4 is 5.91 Å². The van der Waals surface area contributed by atoms with Gasteiger partial charge in [-0.2, -0.15) is 5.26 Å². The lowest BCUT2D eigenvalue weighted by Gasteiger charge is -1.71. The van der Waals surface area contributed by atoms with Crippen LogP contribution in [0.3, 0.4) is 0 Å². The number of hydrogen-bond acceptors (Lipinski definition) is 3. The summed E-state index contributed by atoms with van der Waals surface area (Å²) in [5, 5.41) is 7.69. The molecule has 0 fully saturated rings. The highest BCUT2D eigenvalue weighted by atomic mass is 16.1. The molecule has 0 saturated carbocycles. The first-order valence-corrected chi connectivity index (χ1v) is 1.42. The number of rotatable bonds is 1. The summed E-state index contributed by atoms with van der Waals surface area (Å²) in [7, 11) is 0. The lowest BCUT2D eigenvalue weighted by molar-refractivity contribution is -0.117. The molecule has 1 amide bonds. The molecule has 0 aliphatic rings. The van der Waals surface area contributed by atoms with Gasteiger partial charge in [-0.25, -0.2) is 0 Å². The first kappa shape index (κ1) is 9.33. The summed E-state index contributed by atoms with van der Waals surface area (Å²) in [6.07, 6.45) is -0.181. The van der Waals surface area contributed by atoms with Crippen molar-refractivity contribution in [2.24, 2.45) is 5.73 Å². The van der Waals surface area contributed by atoms with Crippen LogP contribution in [0.2, 0.25) is 0 Å². The zero-order valence-electron chi connectivity index (χ0n) is 3.85. The van der Waals surface area contributed by atoms with Crippen molar-refractivity contribution in [1.82, 2.24) is 6.15 Å². The van der Waals surface area contributed by atoms with Crippen LogP contribution in [0.25, 0.3) is 0 Å². The van der Waals surface area contributed by atoms with Gasteiger partial charge >= 0.3 is 0 Å². The quantitative estimate of drug-likeness (QED) is 0.467. The largest absolute Gasteiger partial charge is 0.369 e. The summed E-state index contributed by atoms with van der Waals surface area (Å²) in [4.78, 5) is 9.60. The molecule has 40 valence electrons. The van der Waals surface area contributed by atoms with E-state index in [1.54, 1.807) is 6.07 Å². The molecule has 4 nitrogen and oxygen atoms in total. The van der Waals surface area contributed by atoms with Crippen molar-refractivity contribution in [3.8, 4) is 6.07 Å². The molecule has 4 heteroatoms. The zero-order valence-corrected chi connectivity index (χ0v) is 3.85. The Hall–Kier alpha value is -1.08. The molecule has 0 atom stereocenters. The highest BCUT2D eigenvalue weighted by Crippen LogP contribution is 1.64. The number of nitrogens with zero attached hydrogens (tertiary/aromatic N) is 1. The summed E-state index contributed by atoms with van der Waals surface area (Å²) in [6.45, 7) is 0. The fourth-order valence-corrected chi connectivity index (χ4v) is 0.0779. The van der Waals surface area contributed by atoms with Crippen molar-refractivity contribution < 1.29 is 4.79 Å². The van der Waals surface area contributed by atoms with Crippen molar-refractivity contribution in [3.05, 3.63) is 0 Å². The van der Waals surface area contributed by atoms with E-state index < -0.39 is 5.91 Å². The number of carbonyl (C=O) groups is 1. The van der Waals surface area contributed by atoms with Crippen molar-refractivity contribution in [2.45, 2.75) is 6.42 Å². The Kier molecular flexibility index (Phi) is 6.55. The van der Waals surface area contributed by atoms with E-state index in [-0.39, 0.29) is 12.6 Å². The van der Waals surface area contributed by atoms with Crippen LogP contribution < -0.4 is 11.9 Å². The van der Waals surface area contributed by atoms with Crippen LogP contribution in [0.1, 0.15) is 6.42 Å². The number of hydrogen-bond donors (Lipinski definition) is 2. The minimum absolute atomic E-state index is 0. The molecular formula is C3H7N3O. The average molecular weight is 101 g/mol. The molecular weight excluding hydrogens is 94.1 g/mol. The third-order valence-corrected chi connectivity index (χ3v) is 0.253. The van der Waals surface area contributed by atoms with Crippen LogP contribution in [0, 0.1) is 11.3 Å². The van der Waals surface area contributed by atoms with Crippen LogP contribution in [-0.2, 0) is 4.79 Å². The molecule has 0 bridgehead atoms. The minimum Gasteiger partial charge on any atom is -0.369 e. The van der Waals surface area contributed by atoms with Crippen molar-refractivity contribution in [3.63, 3.8) is 0 Å². The lowest BCUT2D eigenvalue weighted by atomic mass is 10.5. The molecule has 0 unspecified atom stereocenters. The van der Waals surface area contributed by atoms with Crippen LogP contribution in [0.4, 0.5) is 0 Å². The predicted octanol–water partition coefficient (Wildman–Crippen LogP) is -0.453. The standard InChI is InChI=1S/C3H4N2O.H3N/c4-2-1-3(5)6;/h1H2,(H2,5,6);1H3. The van der Waals surface area contributed by atoms with E-state index in [0.717, 1.165) is 0 Å². The van der Waals surface area contributed by atoms with Gasteiger partial charge in [-0.1, -0.05) is 0 Å². The third-order valence-electron chi connectivity index (χ3n) is 0.253. The topological polar surface area (TPSA) is 102 Å². The molecule has 0 saturated heterocycles. The number of carbonyl (C=O) groups excluding carboxylic acids is 1. The van der Waals surface area contributed by atoms with E-state index in [2.05, 4.69) is 5.73 Å². The highest BCUT2D eigenvalue weighted by Gasteiger charge is 1.84. The maximum absolute atomic E-state index is 9.60. The molecule has 0 rings (SSSR count). The number of amides is 1. The minimum atomic E-state index is -0.572. The van der Waals surface area contributed by atoms with Crippen LogP contribution in [-0.4, -0.2) is 5.91 Å². The van der Waals surface area contributed by atoms with Crippen molar-refractivity contribution in [2.75, 3.05) is 0 Å². The molecule has 0 aromatic rings. The molecule has 0 aromatic heterocycles. The fraction of sp³-hybridized carbons (Fsp3) is 0.333. The maximum Gasteiger partial charge on any atom is 0.231 e. The number of nitriles is 1. The lowest BCUT2D eigenvalue weighted by Crippen LogP contribution is -2.07. The summed E-state index contributed by atoms with van der Waals surface area (Å²) in [5.74, 6) is -0.572. The monoisotopic (exact) mass is 101 g/mol. The Bertz CT molecular complexity index is 92.8. The Balaban J connectivity index is 0. The van der Waals surface area contributed by atoms with Gasteiger partial charge in [-0.15, -0.1) is 0 Å². The van der Waals surface area contributed by atoms with Gasteiger partial charge in [-0.3, -0.25) is 4.79 Å². The second kappa shape index (κ2) is 4.92. The highest BCUT2D eigenvalue weighted by molar-refractivity contribution is 5.75. The van der Waals surface area contributed by atoms with E-state index in [4.69, 9.17) is 5.26 Å². The molecule has 0 aliphatic heterocycles. The van der Waals surface area contributed by atoms with Crippen LogP contribution in [0.5, 0.6) is 0 Å².